The molecule has 1 aliphatic rings. The van der Waals surface area contributed by atoms with Crippen molar-refractivity contribution in [2.45, 2.75) is 25.7 Å². The van der Waals surface area contributed by atoms with E-state index in [1.54, 1.807) is 0 Å². The molecule has 0 N–H and O–H groups in total. The summed E-state index contributed by atoms with van der Waals surface area (Å²) < 4.78 is 0. The van der Waals surface area contributed by atoms with E-state index in [-0.39, 0.29) is 6.17 Å². The standard InChI is InChI=1S/C26H27Cl4N3/c1-31(2)23-10-6-18(7-11-23)26-32(16-19-4-8-21(27)14-24(19)29)12-3-13-33(26)17-20-5-9-22(28)15-25(20)30/h4-11,14-15,26H,3,12-13,16-17H2,1-2H3. The van der Waals surface area contributed by atoms with Crippen LogP contribution in [0.5, 0.6) is 0 Å². The van der Waals surface area contributed by atoms with Gasteiger partial charge in [0.15, 0.2) is 0 Å². The lowest BCUT2D eigenvalue weighted by atomic mass is 10.0. The van der Waals surface area contributed by atoms with Crippen LogP contribution in [0.25, 0.3) is 0 Å². The van der Waals surface area contributed by atoms with Gasteiger partial charge in [0.25, 0.3) is 0 Å². The van der Waals surface area contributed by atoms with Gasteiger partial charge in [0.1, 0.15) is 0 Å². The average molecular weight is 523 g/mol. The quantitative estimate of drug-likeness (QED) is 0.327. The summed E-state index contributed by atoms with van der Waals surface area (Å²) in [7, 11) is 4.11. The molecule has 0 bridgehead atoms. The van der Waals surface area contributed by atoms with Crippen molar-refractivity contribution >= 4 is 52.1 Å². The molecule has 0 spiro atoms. The molecular weight excluding hydrogens is 496 g/mol. The molecule has 3 aromatic carbocycles. The van der Waals surface area contributed by atoms with Crippen LogP contribution in [-0.2, 0) is 13.1 Å². The normalized spacial score (nSPS) is 15.7. The lowest BCUT2D eigenvalue weighted by Gasteiger charge is -2.44. The zero-order valence-corrected chi connectivity index (χ0v) is 21.8. The molecule has 0 amide bonds. The van der Waals surface area contributed by atoms with Gasteiger partial charge in [-0.2, -0.15) is 0 Å². The molecule has 0 aliphatic carbocycles. The van der Waals surface area contributed by atoms with Crippen molar-refractivity contribution in [3.05, 3.63) is 97.4 Å². The van der Waals surface area contributed by atoms with Crippen LogP contribution < -0.4 is 4.90 Å². The minimum atomic E-state index is 0.0912. The number of nitrogens with zero attached hydrogens (tertiary/aromatic N) is 3. The van der Waals surface area contributed by atoms with Crippen molar-refractivity contribution in [2.75, 3.05) is 32.1 Å². The van der Waals surface area contributed by atoms with E-state index in [1.807, 2.05) is 36.4 Å². The minimum absolute atomic E-state index is 0.0912. The second-order valence-electron chi connectivity index (χ2n) is 8.63. The van der Waals surface area contributed by atoms with E-state index in [0.29, 0.717) is 20.1 Å². The average Bonchev–Trinajstić information content (AvgIpc) is 2.78. The summed E-state index contributed by atoms with van der Waals surface area (Å²) in [6.07, 6.45) is 1.15. The molecular formula is C26H27Cl4N3. The van der Waals surface area contributed by atoms with Gasteiger partial charge in [-0.1, -0.05) is 70.7 Å². The van der Waals surface area contributed by atoms with Crippen molar-refractivity contribution < 1.29 is 0 Å². The van der Waals surface area contributed by atoms with Gasteiger partial charge in [-0.05, 0) is 59.5 Å². The van der Waals surface area contributed by atoms with Gasteiger partial charge in [0, 0.05) is 66.1 Å². The highest BCUT2D eigenvalue weighted by molar-refractivity contribution is 6.35. The third-order valence-corrected chi connectivity index (χ3v) is 7.24. The lowest BCUT2D eigenvalue weighted by Crippen LogP contribution is -2.47. The molecule has 3 nitrogen and oxygen atoms in total. The van der Waals surface area contributed by atoms with Crippen molar-refractivity contribution in [1.82, 2.24) is 9.80 Å². The highest BCUT2D eigenvalue weighted by atomic mass is 35.5. The summed E-state index contributed by atoms with van der Waals surface area (Å²) >= 11 is 25.3. The fourth-order valence-corrected chi connectivity index (χ4v) is 5.32. The largest absolute Gasteiger partial charge is 0.378 e. The third kappa shape index (κ3) is 5.97. The van der Waals surface area contributed by atoms with Crippen LogP contribution in [0.4, 0.5) is 5.69 Å². The van der Waals surface area contributed by atoms with E-state index in [4.69, 9.17) is 46.4 Å². The van der Waals surface area contributed by atoms with Gasteiger partial charge in [0.05, 0.1) is 6.17 Å². The van der Waals surface area contributed by atoms with Gasteiger partial charge in [0.2, 0.25) is 0 Å². The third-order valence-electron chi connectivity index (χ3n) is 6.07. The van der Waals surface area contributed by atoms with E-state index in [2.05, 4.69) is 53.1 Å². The van der Waals surface area contributed by atoms with Crippen LogP contribution in [0.2, 0.25) is 20.1 Å². The molecule has 0 aromatic heterocycles. The first-order chi connectivity index (χ1) is 15.8. The number of rotatable bonds is 6. The second-order valence-corrected chi connectivity index (χ2v) is 10.3. The van der Waals surface area contributed by atoms with Crippen LogP contribution >= 0.6 is 46.4 Å². The number of benzene rings is 3. The van der Waals surface area contributed by atoms with Crippen molar-refractivity contribution in [2.24, 2.45) is 0 Å². The maximum Gasteiger partial charge on any atom is 0.0892 e. The van der Waals surface area contributed by atoms with Crippen LogP contribution in [0.3, 0.4) is 0 Å². The van der Waals surface area contributed by atoms with Crippen LogP contribution in [0.1, 0.15) is 29.3 Å². The molecule has 0 unspecified atom stereocenters. The first-order valence-electron chi connectivity index (χ1n) is 10.9. The summed E-state index contributed by atoms with van der Waals surface area (Å²) in [6, 6.07) is 20.3. The summed E-state index contributed by atoms with van der Waals surface area (Å²) in [5.74, 6) is 0. The van der Waals surface area contributed by atoms with Crippen molar-refractivity contribution in [3.63, 3.8) is 0 Å². The second kappa shape index (κ2) is 10.9. The zero-order valence-electron chi connectivity index (χ0n) is 18.7. The molecule has 0 saturated carbocycles. The molecule has 1 aliphatic heterocycles. The van der Waals surface area contributed by atoms with E-state index >= 15 is 0 Å². The fraction of sp³-hybridized carbons (Fsp3) is 0.308. The van der Waals surface area contributed by atoms with Crippen molar-refractivity contribution in [1.29, 1.82) is 0 Å². The monoisotopic (exact) mass is 521 g/mol. The Bertz CT molecular complexity index is 1040. The molecule has 0 radical (unpaired) electrons. The highest BCUT2D eigenvalue weighted by Gasteiger charge is 2.31. The van der Waals surface area contributed by atoms with Gasteiger partial charge in [-0.3, -0.25) is 9.80 Å². The molecule has 7 heteroatoms. The number of hydrogen-bond donors (Lipinski definition) is 0. The Balaban J connectivity index is 1.68. The molecule has 174 valence electrons. The molecule has 1 fully saturated rings. The number of halogens is 4. The topological polar surface area (TPSA) is 9.72 Å². The maximum atomic E-state index is 6.54. The van der Waals surface area contributed by atoms with E-state index in [0.717, 1.165) is 43.7 Å². The summed E-state index contributed by atoms with van der Waals surface area (Å²) in [5, 5.41) is 2.69. The number of anilines is 1. The molecule has 33 heavy (non-hydrogen) atoms. The van der Waals surface area contributed by atoms with E-state index in [1.165, 1.54) is 11.3 Å². The van der Waals surface area contributed by atoms with Gasteiger partial charge in [-0.25, -0.2) is 0 Å². The van der Waals surface area contributed by atoms with Gasteiger partial charge in [-0.15, -0.1) is 0 Å². The maximum absolute atomic E-state index is 6.54. The van der Waals surface area contributed by atoms with Crippen molar-refractivity contribution in [3.8, 4) is 0 Å². The van der Waals surface area contributed by atoms with E-state index < -0.39 is 0 Å². The smallest absolute Gasteiger partial charge is 0.0892 e. The van der Waals surface area contributed by atoms with Gasteiger partial charge < -0.3 is 4.90 Å². The SMILES string of the molecule is CN(C)c1ccc(C2N(Cc3ccc(Cl)cc3Cl)CCCN2Cc2ccc(Cl)cc2Cl)cc1. The summed E-state index contributed by atoms with van der Waals surface area (Å²) in [6.45, 7) is 3.43. The molecule has 3 aromatic rings. The first-order valence-corrected chi connectivity index (χ1v) is 12.5. The Morgan fingerprint density at radius 3 is 1.64 bits per heavy atom. The fourth-order valence-electron chi connectivity index (χ4n) is 4.39. The molecule has 4 rings (SSSR count). The Kier molecular flexibility index (Phi) is 8.11. The Morgan fingerprint density at radius 1 is 0.727 bits per heavy atom. The predicted octanol–water partition coefficient (Wildman–Crippen LogP) is 7.77. The molecule has 1 heterocycles. The Morgan fingerprint density at radius 2 is 1.21 bits per heavy atom. The summed E-state index contributed by atoms with van der Waals surface area (Å²) in [5.41, 5.74) is 4.56. The van der Waals surface area contributed by atoms with Crippen LogP contribution in [0, 0.1) is 0 Å². The highest BCUT2D eigenvalue weighted by Crippen LogP contribution is 2.35. The lowest BCUT2D eigenvalue weighted by molar-refractivity contribution is -0.00904. The van der Waals surface area contributed by atoms with Gasteiger partial charge >= 0.3 is 0 Å². The van der Waals surface area contributed by atoms with E-state index in [9.17, 15) is 0 Å². The predicted molar refractivity (Wildman–Crippen MR) is 142 cm³/mol. The van der Waals surface area contributed by atoms with Crippen LogP contribution in [-0.4, -0.2) is 37.0 Å². The Labute approximate surface area is 216 Å². The zero-order chi connectivity index (χ0) is 23.5. The Hall–Kier alpha value is -1.46. The summed E-state index contributed by atoms with van der Waals surface area (Å²) in [4.78, 5) is 7.07. The molecule has 0 atom stereocenters. The van der Waals surface area contributed by atoms with Crippen LogP contribution in [0.15, 0.2) is 60.7 Å². The molecule has 1 saturated heterocycles. The first kappa shape index (κ1) is 24.7. The number of hydrogen-bond acceptors (Lipinski definition) is 3. The minimum Gasteiger partial charge on any atom is -0.378 e.